The van der Waals surface area contributed by atoms with Crippen LogP contribution in [-0.4, -0.2) is 25.1 Å². The predicted octanol–water partition coefficient (Wildman–Crippen LogP) is 5.11. The third-order valence-electron chi connectivity index (χ3n) is 5.56. The molecule has 1 aliphatic heterocycles. The van der Waals surface area contributed by atoms with Crippen LogP contribution < -0.4 is 5.73 Å². The van der Waals surface area contributed by atoms with E-state index in [2.05, 4.69) is 21.1 Å². The first-order valence-electron chi connectivity index (χ1n) is 10.3. The summed E-state index contributed by atoms with van der Waals surface area (Å²) in [5, 5.41) is 11.9. The van der Waals surface area contributed by atoms with Crippen molar-refractivity contribution < 1.29 is 18.4 Å². The van der Waals surface area contributed by atoms with Crippen molar-refractivity contribution in [2.24, 2.45) is 10.9 Å². The van der Waals surface area contributed by atoms with Crippen LogP contribution in [0, 0.1) is 0 Å². The summed E-state index contributed by atoms with van der Waals surface area (Å²) in [5.41, 5.74) is 7.12. The lowest BCUT2D eigenvalue weighted by Crippen LogP contribution is -2.27. The highest BCUT2D eigenvalue weighted by atomic mass is 79.9. The number of amidine groups is 1. The maximum absolute atomic E-state index is 13.7. The van der Waals surface area contributed by atoms with Crippen molar-refractivity contribution in [1.29, 1.82) is 0 Å². The summed E-state index contributed by atoms with van der Waals surface area (Å²) in [4.78, 5) is 0.443. The van der Waals surface area contributed by atoms with Crippen LogP contribution in [0.4, 0.5) is 0 Å². The standard InChI is InChI=1S/C25H23BrN2O4S/c1-25(15-17-5-3-2-4-6-17)16-22(33(30,31)21-13-11-20(26)12-14-21)23(32-25)18-7-9-19(10-8-18)24(27)28-29/h2-14,29H,15-16H2,1H3,(H2,27,28). The zero-order valence-corrected chi connectivity index (χ0v) is 20.3. The molecule has 0 saturated heterocycles. The third kappa shape index (κ3) is 4.82. The van der Waals surface area contributed by atoms with Crippen molar-refractivity contribution in [3.05, 3.63) is 105 Å². The Kier molecular flexibility index (Phi) is 6.32. The number of hydrogen-bond donors (Lipinski definition) is 2. The molecular formula is C25H23BrN2O4S. The molecule has 4 rings (SSSR count). The average Bonchev–Trinajstić information content (AvgIpc) is 3.17. The maximum Gasteiger partial charge on any atom is 0.206 e. The van der Waals surface area contributed by atoms with Crippen LogP contribution in [0.2, 0.25) is 0 Å². The van der Waals surface area contributed by atoms with Gasteiger partial charge in [0.1, 0.15) is 11.4 Å². The number of benzene rings is 3. The molecular weight excluding hydrogens is 504 g/mol. The Labute approximate surface area is 201 Å². The van der Waals surface area contributed by atoms with E-state index >= 15 is 0 Å². The lowest BCUT2D eigenvalue weighted by Gasteiger charge is -2.25. The SMILES string of the molecule is CC1(Cc2ccccc2)CC(S(=O)(=O)c2ccc(Br)cc2)=C(c2ccc(/C(N)=N/O)cc2)O1. The molecule has 1 heterocycles. The van der Waals surface area contributed by atoms with Crippen LogP contribution >= 0.6 is 15.9 Å². The molecule has 0 fully saturated rings. The van der Waals surface area contributed by atoms with Gasteiger partial charge in [0.15, 0.2) is 5.84 Å². The maximum atomic E-state index is 13.7. The number of sulfone groups is 1. The number of halogens is 1. The Morgan fingerprint density at radius 3 is 2.30 bits per heavy atom. The van der Waals surface area contributed by atoms with Gasteiger partial charge in [0.25, 0.3) is 0 Å². The van der Waals surface area contributed by atoms with E-state index in [-0.39, 0.29) is 22.1 Å². The second-order valence-corrected chi connectivity index (χ2v) is 11.1. The smallest absolute Gasteiger partial charge is 0.206 e. The number of nitrogens with zero attached hydrogens (tertiary/aromatic N) is 1. The van der Waals surface area contributed by atoms with Crippen molar-refractivity contribution in [2.75, 3.05) is 0 Å². The summed E-state index contributed by atoms with van der Waals surface area (Å²) in [5.74, 6) is 0.293. The van der Waals surface area contributed by atoms with Gasteiger partial charge in [0, 0.05) is 28.4 Å². The largest absolute Gasteiger partial charge is 0.485 e. The van der Waals surface area contributed by atoms with Gasteiger partial charge in [-0.1, -0.05) is 75.7 Å². The number of rotatable bonds is 6. The molecule has 0 aromatic heterocycles. The minimum absolute atomic E-state index is 0.0282. The summed E-state index contributed by atoms with van der Waals surface area (Å²) < 4.78 is 34.5. The van der Waals surface area contributed by atoms with Crippen LogP contribution in [0.3, 0.4) is 0 Å². The number of oxime groups is 1. The fraction of sp³-hybridized carbons (Fsp3) is 0.160. The molecule has 3 aromatic carbocycles. The van der Waals surface area contributed by atoms with Crippen LogP contribution in [0.1, 0.15) is 30.0 Å². The summed E-state index contributed by atoms with van der Waals surface area (Å²) in [6.45, 7) is 1.93. The van der Waals surface area contributed by atoms with E-state index in [0.717, 1.165) is 10.0 Å². The van der Waals surface area contributed by atoms with Gasteiger partial charge in [-0.3, -0.25) is 0 Å². The van der Waals surface area contributed by atoms with Crippen LogP contribution in [-0.2, 0) is 21.0 Å². The van der Waals surface area contributed by atoms with Crippen LogP contribution in [0.5, 0.6) is 0 Å². The van der Waals surface area contributed by atoms with Crippen molar-refractivity contribution in [2.45, 2.75) is 30.3 Å². The lowest BCUT2D eigenvalue weighted by molar-refractivity contribution is 0.0800. The van der Waals surface area contributed by atoms with Crippen molar-refractivity contribution in [1.82, 2.24) is 0 Å². The first kappa shape index (κ1) is 23.1. The van der Waals surface area contributed by atoms with Gasteiger partial charge in [0.05, 0.1) is 9.80 Å². The van der Waals surface area contributed by atoms with Gasteiger partial charge in [-0.25, -0.2) is 8.42 Å². The molecule has 0 bridgehead atoms. The van der Waals surface area contributed by atoms with E-state index in [0.29, 0.717) is 23.3 Å². The van der Waals surface area contributed by atoms with Gasteiger partial charge in [-0.2, -0.15) is 0 Å². The molecule has 0 saturated carbocycles. The van der Waals surface area contributed by atoms with E-state index in [9.17, 15) is 8.42 Å². The van der Waals surface area contributed by atoms with E-state index < -0.39 is 15.4 Å². The van der Waals surface area contributed by atoms with E-state index in [4.69, 9.17) is 15.7 Å². The summed E-state index contributed by atoms with van der Waals surface area (Å²) >= 11 is 3.35. The molecule has 1 aliphatic rings. The number of nitrogens with two attached hydrogens (primary N) is 1. The van der Waals surface area contributed by atoms with E-state index in [1.54, 1.807) is 48.5 Å². The van der Waals surface area contributed by atoms with Gasteiger partial charge >= 0.3 is 0 Å². The minimum Gasteiger partial charge on any atom is -0.485 e. The lowest BCUT2D eigenvalue weighted by atomic mass is 9.94. The Balaban J connectivity index is 1.78. The minimum atomic E-state index is -3.80. The second-order valence-electron chi connectivity index (χ2n) is 8.16. The zero-order chi connectivity index (χ0) is 23.6. The molecule has 6 nitrogen and oxygen atoms in total. The normalized spacial score (nSPS) is 18.9. The average molecular weight is 527 g/mol. The summed E-state index contributed by atoms with van der Waals surface area (Å²) in [6, 6.07) is 23.2. The molecule has 0 radical (unpaired) electrons. The van der Waals surface area contributed by atoms with E-state index in [1.165, 1.54) is 0 Å². The highest BCUT2D eigenvalue weighted by molar-refractivity contribution is 9.10. The fourth-order valence-electron chi connectivity index (χ4n) is 3.93. The van der Waals surface area contributed by atoms with Gasteiger partial charge in [-0.15, -0.1) is 0 Å². The molecule has 3 N–H and O–H groups in total. The fourth-order valence-corrected chi connectivity index (χ4v) is 5.87. The quantitative estimate of drug-likeness (QED) is 0.201. The first-order chi connectivity index (χ1) is 15.7. The Hall–Kier alpha value is -3.10. The molecule has 0 spiro atoms. The predicted molar refractivity (Wildman–Crippen MR) is 131 cm³/mol. The Morgan fingerprint density at radius 1 is 1.06 bits per heavy atom. The Morgan fingerprint density at radius 2 is 1.70 bits per heavy atom. The number of hydrogen-bond acceptors (Lipinski definition) is 5. The molecule has 1 unspecified atom stereocenters. The topological polar surface area (TPSA) is 102 Å². The monoisotopic (exact) mass is 526 g/mol. The van der Waals surface area contributed by atoms with Crippen molar-refractivity contribution in [3.8, 4) is 0 Å². The van der Waals surface area contributed by atoms with Gasteiger partial charge in [-0.05, 0) is 36.8 Å². The molecule has 1 atom stereocenters. The Bertz CT molecular complexity index is 1320. The van der Waals surface area contributed by atoms with Gasteiger partial charge < -0.3 is 15.7 Å². The number of ether oxygens (including phenoxy) is 1. The first-order valence-corrected chi connectivity index (χ1v) is 12.5. The molecule has 8 heteroatoms. The van der Waals surface area contributed by atoms with Crippen molar-refractivity contribution >= 4 is 37.4 Å². The second kappa shape index (κ2) is 9.03. The van der Waals surface area contributed by atoms with Crippen LogP contribution in [0.15, 0.2) is 98.3 Å². The summed E-state index contributed by atoms with van der Waals surface area (Å²) in [7, 11) is -3.80. The molecule has 0 aliphatic carbocycles. The van der Waals surface area contributed by atoms with E-state index in [1.807, 2.05) is 37.3 Å². The molecule has 33 heavy (non-hydrogen) atoms. The summed E-state index contributed by atoms with van der Waals surface area (Å²) in [6.07, 6.45) is 0.788. The highest BCUT2D eigenvalue weighted by Gasteiger charge is 2.43. The molecule has 170 valence electrons. The van der Waals surface area contributed by atoms with Crippen molar-refractivity contribution in [3.63, 3.8) is 0 Å². The molecule has 0 amide bonds. The molecule has 3 aromatic rings. The van der Waals surface area contributed by atoms with Crippen LogP contribution in [0.25, 0.3) is 5.76 Å². The highest BCUT2D eigenvalue weighted by Crippen LogP contribution is 2.45. The zero-order valence-electron chi connectivity index (χ0n) is 17.9. The van der Waals surface area contributed by atoms with Gasteiger partial charge in [0.2, 0.25) is 9.84 Å². The third-order valence-corrected chi connectivity index (χ3v) is 7.96.